The molecule has 1 fully saturated rings. The number of carbonyl (C=O) groups is 2. The van der Waals surface area contributed by atoms with E-state index in [9.17, 15) is 9.59 Å². The smallest absolute Gasteiger partial charge is 0.340 e. The number of nitrogens with two attached hydrogens (primary N) is 1. The molecule has 0 saturated carbocycles. The van der Waals surface area contributed by atoms with Gasteiger partial charge in [0.2, 0.25) is 0 Å². The second-order valence-corrected chi connectivity index (χ2v) is 5.22. The molecule has 2 rings (SSSR count). The fourth-order valence-electron chi connectivity index (χ4n) is 1.87. The first-order valence-corrected chi connectivity index (χ1v) is 7.02. The van der Waals surface area contributed by atoms with E-state index < -0.39 is 5.97 Å². The number of nitrogens with zero attached hydrogens (tertiary/aromatic N) is 1. The lowest BCUT2D eigenvalue weighted by atomic mass is 10.2. The van der Waals surface area contributed by atoms with Crippen LogP contribution in [0.5, 0.6) is 0 Å². The lowest BCUT2D eigenvalue weighted by molar-refractivity contribution is -0.138. The van der Waals surface area contributed by atoms with Crippen molar-refractivity contribution in [2.45, 2.75) is 0 Å². The first-order valence-electron chi connectivity index (χ1n) is 6.26. The summed E-state index contributed by atoms with van der Waals surface area (Å²) in [7, 11) is 0. The molecule has 1 amide bonds. The van der Waals surface area contributed by atoms with Gasteiger partial charge in [0.1, 0.15) is 0 Å². The van der Waals surface area contributed by atoms with Gasteiger partial charge < -0.3 is 20.1 Å². The fraction of sp³-hybridized carbons (Fsp3) is 0.385. The maximum Gasteiger partial charge on any atom is 0.340 e. The monoisotopic (exact) mass is 332 g/mol. The van der Waals surface area contributed by atoms with E-state index in [1.807, 2.05) is 0 Å². The maximum atomic E-state index is 11.9. The standard InChI is InChI=1S/C13H14Cl2N2O4/c14-10-6-8(16)5-9(12(10)15)13(19)21-7-11(18)17-1-3-20-4-2-17/h5-6H,1-4,7,16H2. The third-order valence-corrected chi connectivity index (χ3v) is 3.76. The Morgan fingerprint density at radius 1 is 1.29 bits per heavy atom. The van der Waals surface area contributed by atoms with Gasteiger partial charge in [-0.05, 0) is 12.1 Å². The number of amides is 1. The second kappa shape index (κ2) is 6.98. The Morgan fingerprint density at radius 2 is 1.95 bits per heavy atom. The molecule has 0 spiro atoms. The van der Waals surface area contributed by atoms with Crippen LogP contribution in [0.25, 0.3) is 0 Å². The summed E-state index contributed by atoms with van der Waals surface area (Å²) < 4.78 is 10.1. The van der Waals surface area contributed by atoms with Crippen LogP contribution in [0.2, 0.25) is 10.0 Å². The average Bonchev–Trinajstić information content (AvgIpc) is 2.49. The van der Waals surface area contributed by atoms with Gasteiger partial charge in [-0.2, -0.15) is 0 Å². The number of benzene rings is 1. The summed E-state index contributed by atoms with van der Waals surface area (Å²) in [5.74, 6) is -1.02. The lowest BCUT2D eigenvalue weighted by Crippen LogP contribution is -2.42. The summed E-state index contributed by atoms with van der Waals surface area (Å²) >= 11 is 11.8. The second-order valence-electron chi connectivity index (χ2n) is 4.43. The van der Waals surface area contributed by atoms with Gasteiger partial charge in [0.25, 0.3) is 5.91 Å². The molecule has 1 saturated heterocycles. The number of nitrogen functional groups attached to an aromatic ring is 1. The number of carbonyl (C=O) groups excluding carboxylic acids is 2. The van der Waals surface area contributed by atoms with Gasteiger partial charge in [-0.1, -0.05) is 23.2 Å². The van der Waals surface area contributed by atoms with Crippen LogP contribution in [-0.2, 0) is 14.3 Å². The Morgan fingerprint density at radius 3 is 2.62 bits per heavy atom. The summed E-state index contributed by atoms with van der Waals surface area (Å²) in [5.41, 5.74) is 5.93. The molecule has 0 bridgehead atoms. The van der Waals surface area contributed by atoms with Crippen LogP contribution in [0.1, 0.15) is 10.4 Å². The Hall–Kier alpha value is -1.50. The number of anilines is 1. The van der Waals surface area contributed by atoms with Gasteiger partial charge in [0, 0.05) is 18.8 Å². The van der Waals surface area contributed by atoms with Crippen LogP contribution in [0.4, 0.5) is 5.69 Å². The minimum absolute atomic E-state index is 0.0384. The third-order valence-electron chi connectivity index (χ3n) is 2.96. The molecule has 0 aromatic heterocycles. The zero-order valence-corrected chi connectivity index (χ0v) is 12.6. The molecule has 1 aromatic rings. The highest BCUT2D eigenvalue weighted by atomic mass is 35.5. The molecule has 0 radical (unpaired) electrons. The van der Waals surface area contributed by atoms with Gasteiger partial charge in [-0.15, -0.1) is 0 Å². The molecule has 114 valence electrons. The SMILES string of the molecule is Nc1cc(Cl)c(Cl)c(C(=O)OCC(=O)N2CCOCC2)c1. The van der Waals surface area contributed by atoms with Gasteiger partial charge in [-0.3, -0.25) is 4.79 Å². The number of esters is 1. The quantitative estimate of drug-likeness (QED) is 0.671. The minimum atomic E-state index is -0.740. The predicted octanol–water partition coefficient (Wildman–Crippen LogP) is 1.59. The number of halogens is 2. The van der Waals surface area contributed by atoms with E-state index in [4.69, 9.17) is 38.4 Å². The van der Waals surface area contributed by atoms with Crippen molar-refractivity contribution in [3.05, 3.63) is 27.7 Å². The highest BCUT2D eigenvalue weighted by Gasteiger charge is 2.20. The van der Waals surface area contributed by atoms with Crippen LogP contribution < -0.4 is 5.73 Å². The van der Waals surface area contributed by atoms with E-state index in [2.05, 4.69) is 0 Å². The van der Waals surface area contributed by atoms with E-state index in [0.29, 0.717) is 26.3 Å². The van der Waals surface area contributed by atoms with E-state index >= 15 is 0 Å². The lowest BCUT2D eigenvalue weighted by Gasteiger charge is -2.26. The van der Waals surface area contributed by atoms with Crippen LogP contribution in [0.15, 0.2) is 12.1 Å². The Labute approximate surface area is 131 Å². The summed E-state index contributed by atoms with van der Waals surface area (Å²) in [5, 5.41) is 0.206. The zero-order valence-electron chi connectivity index (χ0n) is 11.1. The van der Waals surface area contributed by atoms with Crippen molar-refractivity contribution in [1.82, 2.24) is 4.90 Å². The van der Waals surface area contributed by atoms with E-state index in [1.165, 1.54) is 12.1 Å². The van der Waals surface area contributed by atoms with Crippen LogP contribution in [-0.4, -0.2) is 49.7 Å². The third kappa shape index (κ3) is 4.00. The molecule has 1 aliphatic heterocycles. The van der Waals surface area contributed by atoms with E-state index in [-0.39, 0.29) is 33.8 Å². The van der Waals surface area contributed by atoms with Crippen LogP contribution in [0, 0.1) is 0 Å². The van der Waals surface area contributed by atoms with Crippen molar-refractivity contribution in [2.24, 2.45) is 0 Å². The summed E-state index contributed by atoms with van der Waals surface area (Å²) in [6.45, 7) is 1.58. The molecule has 2 N–H and O–H groups in total. The topological polar surface area (TPSA) is 81.9 Å². The highest BCUT2D eigenvalue weighted by Crippen LogP contribution is 2.29. The van der Waals surface area contributed by atoms with Gasteiger partial charge in [0.15, 0.2) is 6.61 Å². The Balaban J connectivity index is 1.97. The van der Waals surface area contributed by atoms with Crippen molar-refractivity contribution < 1.29 is 19.1 Å². The molecular weight excluding hydrogens is 319 g/mol. The fourth-order valence-corrected chi connectivity index (χ4v) is 2.28. The average molecular weight is 333 g/mol. The molecule has 0 atom stereocenters. The van der Waals surface area contributed by atoms with Crippen molar-refractivity contribution in [2.75, 3.05) is 38.6 Å². The first kappa shape index (κ1) is 15.9. The molecular formula is C13H14Cl2N2O4. The first-order chi connectivity index (χ1) is 9.99. The van der Waals surface area contributed by atoms with Crippen molar-refractivity contribution in [1.29, 1.82) is 0 Å². The van der Waals surface area contributed by atoms with Gasteiger partial charge in [0.05, 0.1) is 28.8 Å². The van der Waals surface area contributed by atoms with Crippen molar-refractivity contribution in [3.8, 4) is 0 Å². The van der Waals surface area contributed by atoms with Crippen molar-refractivity contribution in [3.63, 3.8) is 0 Å². The summed E-state index contributed by atoms with van der Waals surface area (Å²) in [4.78, 5) is 25.4. The van der Waals surface area contributed by atoms with E-state index in [1.54, 1.807) is 4.90 Å². The highest BCUT2D eigenvalue weighted by molar-refractivity contribution is 6.44. The molecule has 1 aliphatic rings. The normalized spacial score (nSPS) is 14.9. The number of hydrogen-bond acceptors (Lipinski definition) is 5. The number of morpholine rings is 1. The van der Waals surface area contributed by atoms with Crippen LogP contribution in [0.3, 0.4) is 0 Å². The molecule has 21 heavy (non-hydrogen) atoms. The van der Waals surface area contributed by atoms with Gasteiger partial charge in [-0.25, -0.2) is 4.79 Å². The van der Waals surface area contributed by atoms with Crippen LogP contribution >= 0.6 is 23.2 Å². The summed E-state index contributed by atoms with van der Waals surface area (Å²) in [6.07, 6.45) is 0. The molecule has 0 aliphatic carbocycles. The zero-order chi connectivity index (χ0) is 15.4. The predicted molar refractivity (Wildman–Crippen MR) is 78.6 cm³/mol. The number of hydrogen-bond donors (Lipinski definition) is 1. The van der Waals surface area contributed by atoms with Crippen molar-refractivity contribution >= 4 is 40.8 Å². The Kier molecular flexibility index (Phi) is 5.27. The molecule has 1 aromatic carbocycles. The molecule has 8 heteroatoms. The summed E-state index contributed by atoms with van der Waals surface area (Å²) in [6, 6.07) is 2.79. The maximum absolute atomic E-state index is 11.9. The number of ether oxygens (including phenoxy) is 2. The molecule has 0 unspecified atom stereocenters. The molecule has 1 heterocycles. The number of rotatable bonds is 3. The minimum Gasteiger partial charge on any atom is -0.452 e. The largest absolute Gasteiger partial charge is 0.452 e. The van der Waals surface area contributed by atoms with E-state index in [0.717, 1.165) is 0 Å². The Bertz CT molecular complexity index is 559. The van der Waals surface area contributed by atoms with Gasteiger partial charge >= 0.3 is 5.97 Å². The molecule has 6 nitrogen and oxygen atoms in total.